The molecule has 0 saturated heterocycles. The predicted molar refractivity (Wildman–Crippen MR) is 122 cm³/mol. The first-order chi connectivity index (χ1) is 12.6. The van der Waals surface area contributed by atoms with Crippen LogP contribution in [0.1, 0.15) is 38.8 Å². The van der Waals surface area contributed by atoms with E-state index in [1.54, 1.807) is 8.81 Å². The second kappa shape index (κ2) is 8.35. The second-order valence-electron chi connectivity index (χ2n) is 7.58. The van der Waals surface area contributed by atoms with Crippen molar-refractivity contribution in [1.29, 1.82) is 0 Å². The zero-order valence-electron chi connectivity index (χ0n) is 16.8. The molecule has 0 saturated carbocycles. The van der Waals surface area contributed by atoms with E-state index < -0.39 is 26.5 Å². The van der Waals surface area contributed by atoms with Gasteiger partial charge in [-0.05, 0) is 0 Å². The van der Waals surface area contributed by atoms with Gasteiger partial charge in [0.15, 0.2) is 0 Å². The normalized spacial score (nSPS) is 18.2. The quantitative estimate of drug-likeness (QED) is 0.393. The maximum atomic E-state index is 2.87. The van der Waals surface area contributed by atoms with Gasteiger partial charge in [0.1, 0.15) is 0 Å². The summed E-state index contributed by atoms with van der Waals surface area (Å²) in [5.74, 6) is 0. The van der Waals surface area contributed by atoms with E-state index >= 15 is 0 Å². The van der Waals surface area contributed by atoms with E-state index in [1.165, 1.54) is 32.1 Å². The van der Waals surface area contributed by atoms with Gasteiger partial charge < -0.3 is 0 Å². The Hall–Kier alpha value is -0.994. The van der Waals surface area contributed by atoms with Gasteiger partial charge in [-0.2, -0.15) is 0 Å². The molecular formula is C24H32Ge2. The van der Waals surface area contributed by atoms with Crippen molar-refractivity contribution < 1.29 is 0 Å². The standard InChI is InChI=1S/C24H32Ge2/c1-5-25(6-2)19-23(21-15-11-9-12-16-21)26(7-3,8-4)24(20-25)22-17-13-10-14-18-22/h9-20H,5-8H2,1-4H3. The van der Waals surface area contributed by atoms with Crippen LogP contribution in [0.2, 0.25) is 21.0 Å². The Labute approximate surface area is 165 Å². The van der Waals surface area contributed by atoms with Crippen molar-refractivity contribution in [1.82, 2.24) is 0 Å². The van der Waals surface area contributed by atoms with Gasteiger partial charge in [-0.15, -0.1) is 0 Å². The van der Waals surface area contributed by atoms with E-state index in [2.05, 4.69) is 98.2 Å². The molecule has 0 unspecified atom stereocenters. The summed E-state index contributed by atoms with van der Waals surface area (Å²) in [4.78, 5) is 5.74. The van der Waals surface area contributed by atoms with E-state index in [1.807, 2.05) is 0 Å². The molecule has 0 aromatic heterocycles. The first kappa shape index (κ1) is 19.8. The van der Waals surface area contributed by atoms with Crippen LogP contribution < -0.4 is 0 Å². The fourth-order valence-corrected chi connectivity index (χ4v) is 32.0. The van der Waals surface area contributed by atoms with Gasteiger partial charge in [0.25, 0.3) is 0 Å². The molecule has 0 atom stereocenters. The summed E-state index contributed by atoms with van der Waals surface area (Å²) >= 11 is -4.49. The van der Waals surface area contributed by atoms with Crippen LogP contribution in [0.5, 0.6) is 0 Å². The first-order valence-corrected chi connectivity index (χ1v) is 20.7. The zero-order chi connectivity index (χ0) is 18.6. The number of benzene rings is 2. The number of hydrogen-bond acceptors (Lipinski definition) is 0. The molecule has 0 fully saturated rings. The average Bonchev–Trinajstić information content (AvgIpc) is 2.74. The van der Waals surface area contributed by atoms with Gasteiger partial charge in [-0.25, -0.2) is 0 Å². The van der Waals surface area contributed by atoms with Crippen molar-refractivity contribution in [3.05, 3.63) is 81.6 Å². The zero-order valence-corrected chi connectivity index (χ0v) is 21.0. The second-order valence-corrected chi connectivity index (χ2v) is 26.7. The molecule has 26 heavy (non-hydrogen) atoms. The summed E-state index contributed by atoms with van der Waals surface area (Å²) in [6.45, 7) is 9.77. The maximum absolute atomic E-state index is 2.87. The van der Waals surface area contributed by atoms with Crippen molar-refractivity contribution in [3.63, 3.8) is 0 Å². The summed E-state index contributed by atoms with van der Waals surface area (Å²) in [5, 5.41) is 5.39. The molecule has 136 valence electrons. The molecule has 0 amide bonds. The summed E-state index contributed by atoms with van der Waals surface area (Å²) in [6, 6.07) is 22.7. The Morgan fingerprint density at radius 1 is 0.538 bits per heavy atom. The minimum atomic E-state index is -2.37. The molecule has 2 aromatic rings. The van der Waals surface area contributed by atoms with Crippen LogP contribution in [0.4, 0.5) is 0 Å². The van der Waals surface area contributed by atoms with Crippen LogP contribution >= 0.6 is 0 Å². The molecule has 1 aliphatic heterocycles. The molecule has 0 spiro atoms. The van der Waals surface area contributed by atoms with Crippen LogP contribution in [-0.4, -0.2) is 26.5 Å². The molecule has 2 aromatic carbocycles. The van der Waals surface area contributed by atoms with E-state index in [4.69, 9.17) is 0 Å². The van der Waals surface area contributed by atoms with Crippen LogP contribution in [0.3, 0.4) is 0 Å². The number of rotatable bonds is 6. The van der Waals surface area contributed by atoms with Crippen molar-refractivity contribution in [2.24, 2.45) is 0 Å². The fraction of sp³-hybridized carbons (Fsp3) is 0.333. The van der Waals surface area contributed by atoms with Crippen LogP contribution in [0, 0.1) is 0 Å². The van der Waals surface area contributed by atoms with Gasteiger partial charge in [0.2, 0.25) is 0 Å². The summed E-state index contributed by atoms with van der Waals surface area (Å²) in [7, 11) is 0. The van der Waals surface area contributed by atoms with E-state index in [-0.39, 0.29) is 0 Å². The van der Waals surface area contributed by atoms with Gasteiger partial charge in [-0.3, -0.25) is 0 Å². The molecule has 0 N–H and O–H groups in total. The fourth-order valence-electron chi connectivity index (χ4n) is 4.66. The molecule has 1 heterocycles. The third-order valence-corrected chi connectivity index (χ3v) is 29.5. The molecule has 3 rings (SSSR count). The summed E-state index contributed by atoms with van der Waals surface area (Å²) < 4.78 is 3.58. The summed E-state index contributed by atoms with van der Waals surface area (Å²) in [5.41, 5.74) is 3.02. The predicted octanol–water partition coefficient (Wildman–Crippen LogP) is 7.30. The van der Waals surface area contributed by atoms with Crippen molar-refractivity contribution in [2.45, 2.75) is 48.7 Å². The SMILES string of the molecule is C[CH2][Ge]1([CH2]C)[CH]=[C](c2ccccc2)[Ge]([CH2]C)([CH2]C)[C](c2ccccc2)=[CH]1. The molecular weight excluding hydrogens is 433 g/mol. The molecule has 2 heteroatoms. The Balaban J connectivity index is 2.30. The molecule has 0 bridgehead atoms. The Morgan fingerprint density at radius 2 is 0.923 bits per heavy atom. The van der Waals surface area contributed by atoms with Gasteiger partial charge in [-0.1, -0.05) is 0 Å². The molecule has 0 aliphatic carbocycles. The molecule has 1 aliphatic rings. The topological polar surface area (TPSA) is 0 Å². The summed E-state index contributed by atoms with van der Waals surface area (Å²) in [6.07, 6.45) is 0. The van der Waals surface area contributed by atoms with Gasteiger partial charge in [0, 0.05) is 0 Å². The van der Waals surface area contributed by atoms with Crippen LogP contribution in [0.25, 0.3) is 8.81 Å². The van der Waals surface area contributed by atoms with Gasteiger partial charge >= 0.3 is 166 Å². The molecule has 0 radical (unpaired) electrons. The van der Waals surface area contributed by atoms with E-state index in [0.29, 0.717) is 0 Å². The van der Waals surface area contributed by atoms with Crippen LogP contribution in [0.15, 0.2) is 70.5 Å². The average molecular weight is 466 g/mol. The van der Waals surface area contributed by atoms with E-state index in [0.717, 1.165) is 0 Å². The number of hydrogen-bond donors (Lipinski definition) is 0. The Morgan fingerprint density at radius 3 is 1.23 bits per heavy atom. The van der Waals surface area contributed by atoms with Crippen molar-refractivity contribution in [2.75, 3.05) is 0 Å². The Kier molecular flexibility index (Phi) is 6.35. The van der Waals surface area contributed by atoms with Crippen LogP contribution in [-0.2, 0) is 0 Å². The third-order valence-electron chi connectivity index (χ3n) is 6.59. The molecule has 0 nitrogen and oxygen atoms in total. The first-order valence-electron chi connectivity index (χ1n) is 10.2. The van der Waals surface area contributed by atoms with Gasteiger partial charge in [0.05, 0.1) is 0 Å². The minimum absolute atomic E-state index is 1.34. The Bertz CT molecular complexity index is 718. The third kappa shape index (κ3) is 3.43. The van der Waals surface area contributed by atoms with Crippen molar-refractivity contribution >= 4 is 35.3 Å². The monoisotopic (exact) mass is 468 g/mol. The van der Waals surface area contributed by atoms with Crippen molar-refractivity contribution in [3.8, 4) is 0 Å². The van der Waals surface area contributed by atoms with E-state index in [9.17, 15) is 0 Å².